The van der Waals surface area contributed by atoms with E-state index in [4.69, 9.17) is 0 Å². The number of rotatable bonds is 4. The van der Waals surface area contributed by atoms with Crippen molar-refractivity contribution in [2.45, 2.75) is 6.54 Å². The standard InChI is InChI=1S/C22H28N6/c1-23-22(28-16-14-27(15-17-28)21-6-2-3-11-24-21)25-18-19-7-9-20(10-8-19)26-12-4-5-13-26/h2-11H,12-18H2,1H3,(H,23,25). The number of nitrogens with zero attached hydrogens (tertiary/aromatic N) is 5. The Bertz CT molecular complexity index is 799. The van der Waals surface area contributed by atoms with Crippen LogP contribution in [-0.2, 0) is 6.54 Å². The molecule has 1 aromatic carbocycles. The minimum absolute atomic E-state index is 0.783. The smallest absolute Gasteiger partial charge is 0.194 e. The Hall–Kier alpha value is -3.02. The molecule has 146 valence electrons. The Balaban J connectivity index is 1.28. The van der Waals surface area contributed by atoms with Gasteiger partial charge < -0.3 is 20.0 Å². The first-order valence-corrected chi connectivity index (χ1v) is 9.94. The molecule has 28 heavy (non-hydrogen) atoms. The summed E-state index contributed by atoms with van der Waals surface area (Å²) < 4.78 is 0. The maximum atomic E-state index is 4.49. The van der Waals surface area contributed by atoms with Crippen molar-refractivity contribution in [2.24, 2.45) is 4.99 Å². The Morgan fingerprint density at radius 2 is 1.71 bits per heavy atom. The van der Waals surface area contributed by atoms with Crippen LogP contribution in [0.5, 0.6) is 0 Å². The molecule has 0 atom stereocenters. The van der Waals surface area contributed by atoms with Gasteiger partial charge in [-0.15, -0.1) is 0 Å². The lowest BCUT2D eigenvalue weighted by atomic mass is 10.2. The highest BCUT2D eigenvalue weighted by Gasteiger charge is 2.20. The second kappa shape index (κ2) is 8.78. The quantitative estimate of drug-likeness (QED) is 0.504. The molecule has 0 radical (unpaired) electrons. The van der Waals surface area contributed by atoms with Crippen molar-refractivity contribution in [3.63, 3.8) is 0 Å². The topological polar surface area (TPSA) is 47.0 Å². The maximum absolute atomic E-state index is 4.49. The molecule has 2 aliphatic rings. The number of guanidine groups is 1. The number of hydrogen-bond donors (Lipinski definition) is 1. The first-order valence-electron chi connectivity index (χ1n) is 9.94. The molecule has 0 amide bonds. The summed E-state index contributed by atoms with van der Waals surface area (Å²) in [4.78, 5) is 16.0. The van der Waals surface area contributed by atoms with E-state index < -0.39 is 0 Å². The van der Waals surface area contributed by atoms with Gasteiger partial charge in [-0.2, -0.15) is 0 Å². The minimum atomic E-state index is 0.783. The third kappa shape index (κ3) is 4.27. The number of pyridine rings is 1. The van der Waals surface area contributed by atoms with Crippen molar-refractivity contribution < 1.29 is 0 Å². The first-order chi connectivity index (χ1) is 13.8. The number of piperazine rings is 1. The average molecular weight is 377 g/mol. The molecule has 0 bridgehead atoms. The van der Waals surface area contributed by atoms with E-state index in [1.54, 1.807) is 0 Å². The second-order valence-electron chi connectivity index (χ2n) is 7.11. The molecule has 4 rings (SSSR count). The van der Waals surface area contributed by atoms with Gasteiger partial charge in [0.15, 0.2) is 5.96 Å². The van der Waals surface area contributed by atoms with Gasteiger partial charge in [-0.05, 0) is 29.8 Å². The minimum Gasteiger partial charge on any atom is -0.364 e. The molecule has 0 spiro atoms. The molecule has 1 aromatic heterocycles. The number of anilines is 2. The summed E-state index contributed by atoms with van der Waals surface area (Å²) in [6.45, 7) is 6.59. The van der Waals surface area contributed by atoms with Crippen LogP contribution >= 0.6 is 0 Å². The number of hydrogen-bond acceptors (Lipinski definition) is 4. The summed E-state index contributed by atoms with van der Waals surface area (Å²) in [6, 6.07) is 14.9. The van der Waals surface area contributed by atoms with Gasteiger partial charge in [-0.1, -0.05) is 30.4 Å². The average Bonchev–Trinajstić information content (AvgIpc) is 3.31. The molecule has 0 aliphatic carbocycles. The van der Waals surface area contributed by atoms with Gasteiger partial charge in [-0.3, -0.25) is 4.99 Å². The molecule has 3 heterocycles. The van der Waals surface area contributed by atoms with Crippen molar-refractivity contribution in [3.05, 3.63) is 66.4 Å². The lowest BCUT2D eigenvalue weighted by Gasteiger charge is -2.37. The van der Waals surface area contributed by atoms with E-state index >= 15 is 0 Å². The molecular formula is C22H28N6. The van der Waals surface area contributed by atoms with E-state index in [-0.39, 0.29) is 0 Å². The van der Waals surface area contributed by atoms with E-state index in [0.29, 0.717) is 0 Å². The second-order valence-corrected chi connectivity index (χ2v) is 7.11. The summed E-state index contributed by atoms with van der Waals surface area (Å²) in [6.07, 6.45) is 6.29. The van der Waals surface area contributed by atoms with Crippen LogP contribution in [0.2, 0.25) is 0 Å². The Kier molecular flexibility index (Phi) is 5.75. The van der Waals surface area contributed by atoms with Crippen molar-refractivity contribution >= 4 is 17.5 Å². The summed E-state index contributed by atoms with van der Waals surface area (Å²) in [5, 5.41) is 3.51. The molecular weight excluding hydrogens is 348 g/mol. The Morgan fingerprint density at radius 3 is 2.36 bits per heavy atom. The molecule has 1 N–H and O–H groups in total. The third-order valence-corrected chi connectivity index (χ3v) is 5.33. The van der Waals surface area contributed by atoms with Crippen LogP contribution in [0.4, 0.5) is 11.5 Å². The van der Waals surface area contributed by atoms with Gasteiger partial charge in [0.2, 0.25) is 0 Å². The fourth-order valence-corrected chi connectivity index (χ4v) is 3.72. The molecule has 6 heteroatoms. The van der Waals surface area contributed by atoms with Crippen LogP contribution in [-0.4, -0.2) is 62.2 Å². The predicted molar refractivity (Wildman–Crippen MR) is 116 cm³/mol. The van der Waals surface area contributed by atoms with Crippen molar-refractivity contribution in [3.8, 4) is 0 Å². The summed E-state index contributed by atoms with van der Waals surface area (Å²) in [5.41, 5.74) is 2.55. The molecule has 1 fully saturated rings. The monoisotopic (exact) mass is 376 g/mol. The Labute approximate surface area is 167 Å². The summed E-state index contributed by atoms with van der Waals surface area (Å²) >= 11 is 0. The van der Waals surface area contributed by atoms with Gasteiger partial charge in [0.05, 0.1) is 0 Å². The molecule has 0 saturated carbocycles. The zero-order chi connectivity index (χ0) is 19.2. The van der Waals surface area contributed by atoms with Crippen molar-refractivity contribution in [1.82, 2.24) is 15.2 Å². The molecule has 2 aliphatic heterocycles. The van der Waals surface area contributed by atoms with Crippen molar-refractivity contribution in [2.75, 3.05) is 56.1 Å². The number of nitrogens with one attached hydrogen (secondary N) is 1. The normalized spacial score (nSPS) is 17.3. The molecule has 6 nitrogen and oxygen atoms in total. The zero-order valence-electron chi connectivity index (χ0n) is 16.5. The molecule has 2 aromatic rings. The number of aliphatic imine (C=N–C) groups is 1. The van der Waals surface area contributed by atoms with Crippen LogP contribution in [0.1, 0.15) is 5.56 Å². The summed E-state index contributed by atoms with van der Waals surface area (Å²) in [7, 11) is 1.86. The number of aromatic nitrogens is 1. The van der Waals surface area contributed by atoms with Crippen LogP contribution in [0.15, 0.2) is 65.8 Å². The summed E-state index contributed by atoms with van der Waals surface area (Å²) in [5.74, 6) is 2.02. The number of benzene rings is 1. The largest absolute Gasteiger partial charge is 0.364 e. The van der Waals surface area contributed by atoms with E-state index in [0.717, 1.165) is 57.6 Å². The lowest BCUT2D eigenvalue weighted by molar-refractivity contribution is 0.371. The first kappa shape index (κ1) is 18.3. The highest BCUT2D eigenvalue weighted by atomic mass is 15.4. The van der Waals surface area contributed by atoms with Crippen LogP contribution in [0, 0.1) is 0 Å². The van der Waals surface area contributed by atoms with E-state index in [1.165, 1.54) is 11.3 Å². The van der Waals surface area contributed by atoms with Gasteiger partial charge in [0, 0.05) is 64.7 Å². The van der Waals surface area contributed by atoms with E-state index in [1.807, 2.05) is 25.4 Å². The van der Waals surface area contributed by atoms with Gasteiger partial charge in [-0.25, -0.2) is 4.98 Å². The van der Waals surface area contributed by atoms with Gasteiger partial charge >= 0.3 is 0 Å². The Morgan fingerprint density at radius 1 is 0.964 bits per heavy atom. The van der Waals surface area contributed by atoms with E-state index in [9.17, 15) is 0 Å². The van der Waals surface area contributed by atoms with Crippen LogP contribution in [0.3, 0.4) is 0 Å². The maximum Gasteiger partial charge on any atom is 0.194 e. The third-order valence-electron chi connectivity index (χ3n) is 5.33. The fourth-order valence-electron chi connectivity index (χ4n) is 3.72. The fraction of sp³-hybridized carbons (Fsp3) is 0.364. The van der Waals surface area contributed by atoms with E-state index in [2.05, 4.69) is 72.5 Å². The molecule has 1 saturated heterocycles. The predicted octanol–water partition coefficient (Wildman–Crippen LogP) is 2.36. The van der Waals surface area contributed by atoms with Crippen molar-refractivity contribution in [1.29, 1.82) is 0 Å². The SMILES string of the molecule is CN=C(NCc1ccc(N2CC=CC2)cc1)N1CCN(c2ccccn2)CC1. The van der Waals surface area contributed by atoms with Gasteiger partial charge in [0.25, 0.3) is 0 Å². The zero-order valence-corrected chi connectivity index (χ0v) is 16.5. The highest BCUT2D eigenvalue weighted by molar-refractivity contribution is 5.80. The highest BCUT2D eigenvalue weighted by Crippen LogP contribution is 2.18. The van der Waals surface area contributed by atoms with Crippen LogP contribution < -0.4 is 15.1 Å². The lowest BCUT2D eigenvalue weighted by Crippen LogP contribution is -2.52. The van der Waals surface area contributed by atoms with Gasteiger partial charge in [0.1, 0.15) is 5.82 Å². The molecule has 0 unspecified atom stereocenters. The van der Waals surface area contributed by atoms with Crippen LogP contribution in [0.25, 0.3) is 0 Å².